The smallest absolute Gasteiger partial charge is 0.216 e. The lowest BCUT2D eigenvalue weighted by Crippen LogP contribution is -2.29. The molecule has 1 aliphatic rings. The van der Waals surface area contributed by atoms with Crippen molar-refractivity contribution in [1.29, 1.82) is 0 Å². The van der Waals surface area contributed by atoms with Crippen LogP contribution in [0.5, 0.6) is 0 Å². The van der Waals surface area contributed by atoms with Crippen molar-refractivity contribution in [2.24, 2.45) is 11.8 Å². The summed E-state index contributed by atoms with van der Waals surface area (Å²) in [5, 5.41) is 6.31. The van der Waals surface area contributed by atoms with Gasteiger partial charge in [0.25, 0.3) is 0 Å². The lowest BCUT2D eigenvalue weighted by atomic mass is 9.82. The Morgan fingerprint density at radius 1 is 1.31 bits per heavy atom. The van der Waals surface area contributed by atoms with Gasteiger partial charge in [-0.05, 0) is 44.2 Å². The molecule has 3 heteroatoms. The van der Waals surface area contributed by atoms with Crippen molar-refractivity contribution < 1.29 is 4.79 Å². The molecule has 1 fully saturated rings. The SMILES string of the molecule is CC(=O)NCCCNC[C@@H]1CCC[C@@H](C)C1. The van der Waals surface area contributed by atoms with Gasteiger partial charge in [0.1, 0.15) is 0 Å². The molecule has 0 heterocycles. The first-order chi connectivity index (χ1) is 7.68. The summed E-state index contributed by atoms with van der Waals surface area (Å²) in [5.74, 6) is 1.87. The Morgan fingerprint density at radius 2 is 2.12 bits per heavy atom. The summed E-state index contributed by atoms with van der Waals surface area (Å²) in [4.78, 5) is 10.6. The molecule has 0 saturated heterocycles. The maximum atomic E-state index is 10.6. The number of carbonyl (C=O) groups excluding carboxylic acids is 1. The highest BCUT2D eigenvalue weighted by molar-refractivity contribution is 5.72. The Labute approximate surface area is 99.4 Å². The van der Waals surface area contributed by atoms with E-state index >= 15 is 0 Å². The Balaban J connectivity index is 1.92. The van der Waals surface area contributed by atoms with E-state index in [2.05, 4.69) is 17.6 Å². The van der Waals surface area contributed by atoms with Gasteiger partial charge in [0.15, 0.2) is 0 Å². The molecule has 0 aromatic carbocycles. The van der Waals surface area contributed by atoms with Crippen LogP contribution < -0.4 is 10.6 Å². The van der Waals surface area contributed by atoms with Crippen molar-refractivity contribution in [3.05, 3.63) is 0 Å². The topological polar surface area (TPSA) is 41.1 Å². The minimum absolute atomic E-state index is 0.0705. The van der Waals surface area contributed by atoms with Gasteiger partial charge in [-0.3, -0.25) is 4.79 Å². The van der Waals surface area contributed by atoms with E-state index in [0.717, 1.165) is 37.9 Å². The molecule has 0 aromatic heterocycles. The van der Waals surface area contributed by atoms with Crippen LogP contribution in [0.25, 0.3) is 0 Å². The van der Waals surface area contributed by atoms with Crippen LogP contribution in [0.1, 0.15) is 46.0 Å². The van der Waals surface area contributed by atoms with Crippen molar-refractivity contribution in [1.82, 2.24) is 10.6 Å². The summed E-state index contributed by atoms with van der Waals surface area (Å²) in [6.45, 7) is 6.90. The van der Waals surface area contributed by atoms with Gasteiger partial charge < -0.3 is 10.6 Å². The van der Waals surface area contributed by atoms with Crippen molar-refractivity contribution in [3.8, 4) is 0 Å². The zero-order valence-electron chi connectivity index (χ0n) is 10.7. The molecule has 2 atom stereocenters. The summed E-state index contributed by atoms with van der Waals surface area (Å²) in [5.41, 5.74) is 0. The van der Waals surface area contributed by atoms with Gasteiger partial charge in [0.2, 0.25) is 5.91 Å². The van der Waals surface area contributed by atoms with Crippen molar-refractivity contribution in [2.45, 2.75) is 46.0 Å². The Kier molecular flexibility index (Phi) is 6.46. The van der Waals surface area contributed by atoms with Gasteiger partial charge in [0, 0.05) is 13.5 Å². The summed E-state index contributed by atoms with van der Waals surface area (Å²) in [7, 11) is 0. The molecule has 1 rings (SSSR count). The summed E-state index contributed by atoms with van der Waals surface area (Å²) in [6.07, 6.45) is 6.63. The fourth-order valence-electron chi connectivity index (χ4n) is 2.53. The van der Waals surface area contributed by atoms with E-state index in [1.54, 1.807) is 6.92 Å². The molecule has 94 valence electrons. The van der Waals surface area contributed by atoms with Crippen LogP contribution in [0.4, 0.5) is 0 Å². The highest BCUT2D eigenvalue weighted by atomic mass is 16.1. The van der Waals surface area contributed by atoms with Crippen LogP contribution in [0.15, 0.2) is 0 Å². The first-order valence-electron chi connectivity index (χ1n) is 6.63. The second kappa shape index (κ2) is 7.66. The van der Waals surface area contributed by atoms with E-state index in [4.69, 9.17) is 0 Å². The number of hydrogen-bond donors (Lipinski definition) is 2. The second-order valence-electron chi connectivity index (χ2n) is 5.18. The molecular weight excluding hydrogens is 200 g/mol. The number of rotatable bonds is 6. The molecule has 3 nitrogen and oxygen atoms in total. The van der Waals surface area contributed by atoms with Gasteiger partial charge in [-0.15, -0.1) is 0 Å². The third kappa shape index (κ3) is 6.11. The molecule has 2 N–H and O–H groups in total. The van der Waals surface area contributed by atoms with Gasteiger partial charge in [0.05, 0.1) is 0 Å². The zero-order chi connectivity index (χ0) is 11.8. The van der Waals surface area contributed by atoms with Gasteiger partial charge in [-0.1, -0.05) is 19.8 Å². The van der Waals surface area contributed by atoms with E-state index in [0.29, 0.717) is 0 Å². The number of amides is 1. The highest BCUT2D eigenvalue weighted by Gasteiger charge is 2.17. The van der Waals surface area contributed by atoms with Crippen molar-refractivity contribution >= 4 is 5.91 Å². The molecular formula is C13H26N2O. The maximum Gasteiger partial charge on any atom is 0.216 e. The molecule has 1 amide bonds. The normalized spacial score (nSPS) is 25.4. The summed E-state index contributed by atoms with van der Waals surface area (Å²) >= 11 is 0. The highest BCUT2D eigenvalue weighted by Crippen LogP contribution is 2.27. The van der Waals surface area contributed by atoms with E-state index in [-0.39, 0.29) is 5.91 Å². The van der Waals surface area contributed by atoms with E-state index < -0.39 is 0 Å². The first-order valence-corrected chi connectivity index (χ1v) is 6.63. The van der Waals surface area contributed by atoms with Crippen LogP contribution in [-0.4, -0.2) is 25.5 Å². The molecule has 1 saturated carbocycles. The van der Waals surface area contributed by atoms with E-state index in [1.165, 1.54) is 25.7 Å². The third-order valence-electron chi connectivity index (χ3n) is 3.38. The average molecular weight is 226 g/mol. The number of carbonyl (C=O) groups is 1. The first kappa shape index (κ1) is 13.5. The molecule has 0 aliphatic heterocycles. The van der Waals surface area contributed by atoms with Crippen LogP contribution in [-0.2, 0) is 4.79 Å². The van der Waals surface area contributed by atoms with Crippen molar-refractivity contribution in [2.75, 3.05) is 19.6 Å². The Bertz CT molecular complexity index is 206. The molecule has 0 spiro atoms. The number of nitrogens with one attached hydrogen (secondary N) is 2. The van der Waals surface area contributed by atoms with Crippen molar-refractivity contribution in [3.63, 3.8) is 0 Å². The monoisotopic (exact) mass is 226 g/mol. The Morgan fingerprint density at radius 3 is 2.81 bits per heavy atom. The molecule has 0 aromatic rings. The maximum absolute atomic E-state index is 10.6. The molecule has 1 aliphatic carbocycles. The lowest BCUT2D eigenvalue weighted by molar-refractivity contribution is -0.118. The number of hydrogen-bond acceptors (Lipinski definition) is 2. The van der Waals surface area contributed by atoms with Gasteiger partial charge >= 0.3 is 0 Å². The lowest BCUT2D eigenvalue weighted by Gasteiger charge is -2.26. The fraction of sp³-hybridized carbons (Fsp3) is 0.923. The zero-order valence-corrected chi connectivity index (χ0v) is 10.7. The van der Waals surface area contributed by atoms with E-state index in [1.807, 2.05) is 0 Å². The van der Waals surface area contributed by atoms with Crippen LogP contribution in [0.3, 0.4) is 0 Å². The predicted octanol–water partition coefficient (Wildman–Crippen LogP) is 1.93. The summed E-state index contributed by atoms with van der Waals surface area (Å²) in [6, 6.07) is 0. The van der Waals surface area contributed by atoms with Crippen LogP contribution >= 0.6 is 0 Å². The van der Waals surface area contributed by atoms with Crippen LogP contribution in [0.2, 0.25) is 0 Å². The largest absolute Gasteiger partial charge is 0.356 e. The molecule has 0 unspecified atom stereocenters. The fourth-order valence-corrected chi connectivity index (χ4v) is 2.53. The minimum Gasteiger partial charge on any atom is -0.356 e. The van der Waals surface area contributed by atoms with E-state index in [9.17, 15) is 4.79 Å². The second-order valence-corrected chi connectivity index (χ2v) is 5.18. The molecule has 16 heavy (non-hydrogen) atoms. The standard InChI is InChI=1S/C13H26N2O/c1-11-5-3-6-13(9-11)10-14-7-4-8-15-12(2)16/h11,13-14H,3-10H2,1-2H3,(H,15,16)/t11-,13-/m1/s1. The molecule has 0 radical (unpaired) electrons. The van der Waals surface area contributed by atoms with Crippen LogP contribution in [0, 0.1) is 11.8 Å². The minimum atomic E-state index is 0.0705. The molecule has 0 bridgehead atoms. The summed E-state index contributed by atoms with van der Waals surface area (Å²) < 4.78 is 0. The third-order valence-corrected chi connectivity index (χ3v) is 3.38. The average Bonchev–Trinajstić information content (AvgIpc) is 2.23. The Hall–Kier alpha value is -0.570. The predicted molar refractivity (Wildman–Crippen MR) is 67.3 cm³/mol. The quantitative estimate of drug-likeness (QED) is 0.679. The van der Waals surface area contributed by atoms with Gasteiger partial charge in [-0.2, -0.15) is 0 Å². The van der Waals surface area contributed by atoms with Gasteiger partial charge in [-0.25, -0.2) is 0 Å².